The van der Waals surface area contributed by atoms with E-state index in [2.05, 4.69) is 9.97 Å². The number of aromatic nitrogens is 2. The van der Waals surface area contributed by atoms with Crippen molar-refractivity contribution in [1.82, 2.24) is 9.97 Å². The smallest absolute Gasteiger partial charge is 0.342 e. The minimum Gasteiger partial charge on any atom is -0.342 e. The summed E-state index contributed by atoms with van der Waals surface area (Å²) in [6.07, 6.45) is -4.65. The van der Waals surface area contributed by atoms with E-state index >= 15 is 0 Å². The molecule has 23 heavy (non-hydrogen) atoms. The second-order valence-electron chi connectivity index (χ2n) is 4.62. The molecule has 0 saturated carbocycles. The fourth-order valence-electron chi connectivity index (χ4n) is 1.95. The van der Waals surface area contributed by atoms with Gasteiger partial charge in [0.25, 0.3) is 0 Å². The maximum atomic E-state index is 12.7. The number of halogens is 3. The van der Waals surface area contributed by atoms with Gasteiger partial charge in [-0.05, 0) is 30.3 Å². The van der Waals surface area contributed by atoms with Gasteiger partial charge in [0.2, 0.25) is 0 Å². The minimum absolute atomic E-state index is 0.316. The first kappa shape index (κ1) is 15.3. The van der Waals surface area contributed by atoms with Gasteiger partial charge in [0.15, 0.2) is 0 Å². The van der Waals surface area contributed by atoms with Crippen LogP contribution in [-0.4, -0.2) is 18.4 Å². The number of fused-ring (bicyclic) bond motifs is 1. The highest BCUT2D eigenvalue weighted by Crippen LogP contribution is 2.31. The third kappa shape index (κ3) is 3.14. The maximum Gasteiger partial charge on any atom is 0.416 e. The van der Waals surface area contributed by atoms with Gasteiger partial charge in [-0.3, -0.25) is 0 Å². The van der Waals surface area contributed by atoms with Gasteiger partial charge in [0.05, 0.1) is 16.6 Å². The molecule has 0 spiro atoms. The van der Waals surface area contributed by atoms with E-state index in [4.69, 9.17) is 4.18 Å². The van der Waals surface area contributed by atoms with Gasteiger partial charge in [-0.15, -0.1) is 0 Å². The standard InChI is InChI=1S/C14H9F3N2O3S/c15-14(16,17)9-4-3-5-10(8-9)23(20,21)22-13-18-11-6-1-2-7-12(11)19-13/h1-8H,(H,18,19). The molecule has 3 aromatic rings. The van der Waals surface area contributed by atoms with E-state index in [1.807, 2.05) is 0 Å². The molecule has 1 heterocycles. The Morgan fingerprint density at radius 3 is 2.48 bits per heavy atom. The predicted molar refractivity (Wildman–Crippen MR) is 75.4 cm³/mol. The highest BCUT2D eigenvalue weighted by molar-refractivity contribution is 7.87. The monoisotopic (exact) mass is 342 g/mol. The summed E-state index contributed by atoms with van der Waals surface area (Å²) in [6, 6.07) is 9.70. The van der Waals surface area contributed by atoms with Crippen LogP contribution in [0.15, 0.2) is 53.4 Å². The lowest BCUT2D eigenvalue weighted by atomic mass is 10.2. The maximum absolute atomic E-state index is 12.7. The van der Waals surface area contributed by atoms with E-state index in [0.29, 0.717) is 17.1 Å². The molecule has 0 radical (unpaired) electrons. The van der Waals surface area contributed by atoms with Gasteiger partial charge >= 0.3 is 22.3 Å². The van der Waals surface area contributed by atoms with E-state index in [1.165, 1.54) is 0 Å². The minimum atomic E-state index is -4.65. The molecule has 0 fully saturated rings. The summed E-state index contributed by atoms with van der Waals surface area (Å²) in [6.45, 7) is 0. The number of alkyl halides is 3. The summed E-state index contributed by atoms with van der Waals surface area (Å²) < 4.78 is 67.0. The third-order valence-electron chi connectivity index (χ3n) is 3.01. The van der Waals surface area contributed by atoms with Crippen LogP contribution in [-0.2, 0) is 16.3 Å². The fourth-order valence-corrected chi connectivity index (χ4v) is 2.85. The van der Waals surface area contributed by atoms with Crippen molar-refractivity contribution in [3.05, 3.63) is 54.1 Å². The van der Waals surface area contributed by atoms with Gasteiger partial charge in [0, 0.05) is 0 Å². The van der Waals surface area contributed by atoms with E-state index in [9.17, 15) is 21.6 Å². The van der Waals surface area contributed by atoms with Gasteiger partial charge in [0.1, 0.15) is 4.90 Å². The molecule has 0 saturated heterocycles. The molecule has 120 valence electrons. The second-order valence-corrected chi connectivity index (χ2v) is 6.17. The zero-order chi connectivity index (χ0) is 16.7. The van der Waals surface area contributed by atoms with E-state index in [-0.39, 0.29) is 6.01 Å². The van der Waals surface area contributed by atoms with E-state index < -0.39 is 26.8 Å². The number of nitrogens with one attached hydrogen (secondary N) is 1. The van der Waals surface area contributed by atoms with Crippen LogP contribution in [0.3, 0.4) is 0 Å². The molecule has 3 rings (SSSR count). The first-order valence-corrected chi connectivity index (χ1v) is 7.73. The Hall–Kier alpha value is -2.55. The summed E-state index contributed by atoms with van der Waals surface area (Å²) >= 11 is 0. The van der Waals surface area contributed by atoms with Crippen LogP contribution in [0.1, 0.15) is 5.56 Å². The average molecular weight is 342 g/mol. The Balaban J connectivity index is 1.95. The number of aromatic amines is 1. The van der Waals surface area contributed by atoms with Crippen LogP contribution < -0.4 is 4.18 Å². The second kappa shape index (κ2) is 5.27. The van der Waals surface area contributed by atoms with Crippen molar-refractivity contribution in [2.75, 3.05) is 0 Å². The Labute approximate surface area is 128 Å². The van der Waals surface area contributed by atoms with Gasteiger partial charge < -0.3 is 9.17 Å². The first-order valence-electron chi connectivity index (χ1n) is 6.32. The number of nitrogens with zero attached hydrogens (tertiary/aromatic N) is 1. The third-order valence-corrected chi connectivity index (χ3v) is 4.21. The molecular formula is C14H9F3N2O3S. The van der Waals surface area contributed by atoms with Crippen molar-refractivity contribution in [2.45, 2.75) is 11.1 Å². The summed E-state index contributed by atoms with van der Waals surface area (Å²) in [7, 11) is -4.44. The lowest BCUT2D eigenvalue weighted by Gasteiger charge is -2.08. The number of hydrogen-bond donors (Lipinski definition) is 1. The predicted octanol–water partition coefficient (Wildman–Crippen LogP) is 3.35. The summed E-state index contributed by atoms with van der Waals surface area (Å²) in [4.78, 5) is 5.94. The SMILES string of the molecule is O=S(=O)(Oc1nc2ccccc2[nH]1)c1cccc(C(F)(F)F)c1. The van der Waals surface area contributed by atoms with Crippen molar-refractivity contribution in [2.24, 2.45) is 0 Å². The molecule has 2 aromatic carbocycles. The highest BCUT2D eigenvalue weighted by atomic mass is 32.2. The van der Waals surface area contributed by atoms with Crippen LogP contribution >= 0.6 is 0 Å². The molecule has 0 unspecified atom stereocenters. The Bertz CT molecular complexity index is 932. The summed E-state index contributed by atoms with van der Waals surface area (Å²) in [5, 5.41) is 0. The van der Waals surface area contributed by atoms with Crippen molar-refractivity contribution >= 4 is 21.2 Å². The van der Waals surface area contributed by atoms with Crippen LogP contribution in [0.4, 0.5) is 13.2 Å². The van der Waals surface area contributed by atoms with E-state index in [1.54, 1.807) is 24.3 Å². The van der Waals surface area contributed by atoms with Crippen LogP contribution in [0, 0.1) is 0 Å². The number of H-pyrrole nitrogens is 1. The molecule has 0 aliphatic carbocycles. The van der Waals surface area contributed by atoms with Crippen LogP contribution in [0.5, 0.6) is 6.01 Å². The van der Waals surface area contributed by atoms with Crippen molar-refractivity contribution < 1.29 is 25.8 Å². The highest BCUT2D eigenvalue weighted by Gasteiger charge is 2.32. The number of rotatable bonds is 3. The zero-order valence-electron chi connectivity index (χ0n) is 11.3. The van der Waals surface area contributed by atoms with Gasteiger partial charge in [-0.25, -0.2) is 0 Å². The Kier molecular flexibility index (Phi) is 3.52. The lowest BCUT2D eigenvalue weighted by molar-refractivity contribution is -0.137. The topological polar surface area (TPSA) is 72.1 Å². The molecule has 0 amide bonds. The Morgan fingerprint density at radius 2 is 1.78 bits per heavy atom. The van der Waals surface area contributed by atoms with Crippen molar-refractivity contribution in [3.8, 4) is 6.01 Å². The molecule has 0 aliphatic rings. The van der Waals surface area contributed by atoms with E-state index in [0.717, 1.165) is 18.2 Å². The molecule has 0 aliphatic heterocycles. The van der Waals surface area contributed by atoms with Crippen molar-refractivity contribution in [1.29, 1.82) is 0 Å². The molecular weight excluding hydrogens is 333 g/mol. The summed E-state index contributed by atoms with van der Waals surface area (Å²) in [5.41, 5.74) is -0.0599. The molecule has 0 atom stereocenters. The number of hydrogen-bond acceptors (Lipinski definition) is 4. The lowest BCUT2D eigenvalue weighted by Crippen LogP contribution is -2.12. The van der Waals surface area contributed by atoms with Crippen molar-refractivity contribution in [3.63, 3.8) is 0 Å². The Morgan fingerprint density at radius 1 is 1.04 bits per heavy atom. The van der Waals surface area contributed by atoms with Gasteiger partial charge in [-0.2, -0.15) is 26.6 Å². The molecule has 9 heteroatoms. The number of imidazole rings is 1. The molecule has 1 aromatic heterocycles. The summed E-state index contributed by atoms with van der Waals surface area (Å²) in [5.74, 6) is 0. The van der Waals surface area contributed by atoms with Crippen LogP contribution in [0.25, 0.3) is 11.0 Å². The number of para-hydroxylation sites is 2. The zero-order valence-corrected chi connectivity index (χ0v) is 12.1. The molecule has 1 N–H and O–H groups in total. The average Bonchev–Trinajstić information content (AvgIpc) is 2.88. The van der Waals surface area contributed by atoms with Crippen LogP contribution in [0.2, 0.25) is 0 Å². The van der Waals surface area contributed by atoms with Gasteiger partial charge in [-0.1, -0.05) is 18.2 Å². The normalized spacial score (nSPS) is 12.5. The number of benzene rings is 2. The molecule has 0 bridgehead atoms. The quantitative estimate of drug-likeness (QED) is 0.741. The first-order chi connectivity index (χ1) is 10.8. The molecule has 5 nitrogen and oxygen atoms in total. The largest absolute Gasteiger partial charge is 0.416 e. The fraction of sp³-hybridized carbons (Fsp3) is 0.0714.